The summed E-state index contributed by atoms with van der Waals surface area (Å²) in [5.74, 6) is -1.51. The van der Waals surface area contributed by atoms with Crippen molar-refractivity contribution in [3.8, 4) is 0 Å². The van der Waals surface area contributed by atoms with Crippen LogP contribution < -0.4 is 10.7 Å². The van der Waals surface area contributed by atoms with Crippen LogP contribution >= 0.6 is 23.2 Å². The second-order valence-corrected chi connectivity index (χ2v) is 4.80. The van der Waals surface area contributed by atoms with Gasteiger partial charge in [0.25, 0.3) is 0 Å². The summed E-state index contributed by atoms with van der Waals surface area (Å²) in [6.45, 7) is 2.47. The number of hydrogen-bond acceptors (Lipinski definition) is 3. The van der Waals surface area contributed by atoms with Gasteiger partial charge in [0, 0.05) is 6.54 Å². The summed E-state index contributed by atoms with van der Waals surface area (Å²) in [5.41, 5.74) is 2.79. The van der Waals surface area contributed by atoms with E-state index in [4.69, 9.17) is 23.2 Å². The molecule has 2 amide bonds. The van der Waals surface area contributed by atoms with Crippen molar-refractivity contribution in [1.29, 1.82) is 0 Å². The van der Waals surface area contributed by atoms with Crippen molar-refractivity contribution in [2.45, 2.75) is 19.8 Å². The maximum atomic E-state index is 11.4. The van der Waals surface area contributed by atoms with E-state index >= 15 is 0 Å². The summed E-state index contributed by atoms with van der Waals surface area (Å²) in [6.07, 6.45) is 3.14. The Morgan fingerprint density at radius 1 is 1.25 bits per heavy atom. The molecule has 2 N–H and O–H groups in total. The molecule has 0 saturated carbocycles. The highest BCUT2D eigenvalue weighted by Gasteiger charge is 2.10. The molecule has 7 heteroatoms. The second-order valence-electron chi connectivity index (χ2n) is 3.98. The fraction of sp³-hybridized carbons (Fsp3) is 0.308. The van der Waals surface area contributed by atoms with Gasteiger partial charge in [-0.3, -0.25) is 9.59 Å². The lowest BCUT2D eigenvalue weighted by Gasteiger charge is -2.02. The molecule has 0 aliphatic heterocycles. The van der Waals surface area contributed by atoms with Gasteiger partial charge in [-0.25, -0.2) is 5.43 Å². The minimum atomic E-state index is -0.808. The average molecular weight is 316 g/mol. The van der Waals surface area contributed by atoms with E-state index < -0.39 is 11.8 Å². The topological polar surface area (TPSA) is 70.6 Å². The lowest BCUT2D eigenvalue weighted by Crippen LogP contribution is -2.38. The van der Waals surface area contributed by atoms with Crippen LogP contribution in [-0.4, -0.2) is 24.6 Å². The van der Waals surface area contributed by atoms with Crippen LogP contribution in [0.3, 0.4) is 0 Å². The zero-order valence-corrected chi connectivity index (χ0v) is 12.5. The zero-order chi connectivity index (χ0) is 15.0. The Bertz CT molecular complexity index is 518. The van der Waals surface area contributed by atoms with Crippen LogP contribution in [0.5, 0.6) is 0 Å². The first-order valence-electron chi connectivity index (χ1n) is 6.11. The van der Waals surface area contributed by atoms with Gasteiger partial charge >= 0.3 is 11.8 Å². The van der Waals surface area contributed by atoms with Crippen LogP contribution in [0.25, 0.3) is 0 Å². The van der Waals surface area contributed by atoms with Crippen molar-refractivity contribution < 1.29 is 9.59 Å². The van der Waals surface area contributed by atoms with E-state index in [1.807, 2.05) is 6.92 Å². The fourth-order valence-corrected chi connectivity index (χ4v) is 1.57. The summed E-state index contributed by atoms with van der Waals surface area (Å²) in [7, 11) is 0. The predicted octanol–water partition coefficient (Wildman–Crippen LogP) is 2.36. The van der Waals surface area contributed by atoms with E-state index in [2.05, 4.69) is 15.8 Å². The van der Waals surface area contributed by atoms with Crippen LogP contribution in [0.2, 0.25) is 10.0 Å². The van der Waals surface area contributed by atoms with Gasteiger partial charge in [-0.1, -0.05) is 42.6 Å². The summed E-state index contributed by atoms with van der Waals surface area (Å²) in [5, 5.41) is 6.98. The Morgan fingerprint density at radius 3 is 2.65 bits per heavy atom. The van der Waals surface area contributed by atoms with Crippen molar-refractivity contribution in [1.82, 2.24) is 10.7 Å². The van der Waals surface area contributed by atoms with E-state index in [0.29, 0.717) is 22.2 Å². The Morgan fingerprint density at radius 2 is 2.00 bits per heavy atom. The molecule has 5 nitrogen and oxygen atoms in total. The second kappa shape index (κ2) is 8.55. The number of halogens is 2. The Balaban J connectivity index is 2.45. The minimum Gasteiger partial charge on any atom is -0.348 e. The van der Waals surface area contributed by atoms with E-state index in [9.17, 15) is 9.59 Å². The van der Waals surface area contributed by atoms with Gasteiger partial charge in [0.05, 0.1) is 16.3 Å². The van der Waals surface area contributed by atoms with Crippen molar-refractivity contribution in [3.05, 3.63) is 33.8 Å². The van der Waals surface area contributed by atoms with Crippen LogP contribution in [0.1, 0.15) is 25.3 Å². The van der Waals surface area contributed by atoms with E-state index in [0.717, 1.165) is 12.8 Å². The number of unbranched alkanes of at least 4 members (excludes halogenated alkanes) is 1. The van der Waals surface area contributed by atoms with Crippen molar-refractivity contribution in [3.63, 3.8) is 0 Å². The average Bonchev–Trinajstić information content (AvgIpc) is 2.42. The molecule has 108 valence electrons. The molecule has 0 unspecified atom stereocenters. The number of nitrogens with zero attached hydrogens (tertiary/aromatic N) is 1. The van der Waals surface area contributed by atoms with Gasteiger partial charge in [0.15, 0.2) is 0 Å². The predicted molar refractivity (Wildman–Crippen MR) is 80.1 cm³/mol. The molecule has 1 aromatic rings. The summed E-state index contributed by atoms with van der Waals surface area (Å²) >= 11 is 11.6. The highest BCUT2D eigenvalue weighted by molar-refractivity contribution is 6.42. The van der Waals surface area contributed by atoms with Crippen LogP contribution in [0, 0.1) is 0 Å². The molecular formula is C13H15Cl2N3O2. The number of carbonyl (C=O) groups is 2. The number of hydrogen-bond donors (Lipinski definition) is 2. The summed E-state index contributed by atoms with van der Waals surface area (Å²) in [6, 6.07) is 4.90. The fourth-order valence-electron chi connectivity index (χ4n) is 1.27. The number of benzene rings is 1. The van der Waals surface area contributed by atoms with Gasteiger partial charge in [0.1, 0.15) is 0 Å². The Hall–Kier alpha value is -1.59. The maximum Gasteiger partial charge on any atom is 0.329 e. The quantitative estimate of drug-likeness (QED) is 0.379. The molecule has 20 heavy (non-hydrogen) atoms. The Kier molecular flexibility index (Phi) is 7.04. The number of rotatable bonds is 5. The normalized spacial score (nSPS) is 10.6. The first-order chi connectivity index (χ1) is 9.54. The van der Waals surface area contributed by atoms with Gasteiger partial charge in [-0.2, -0.15) is 5.10 Å². The smallest absolute Gasteiger partial charge is 0.329 e. The van der Waals surface area contributed by atoms with Crippen LogP contribution in [0.4, 0.5) is 0 Å². The number of nitrogens with one attached hydrogen (secondary N) is 2. The molecule has 0 bridgehead atoms. The molecule has 0 heterocycles. The summed E-state index contributed by atoms with van der Waals surface area (Å²) in [4.78, 5) is 22.7. The standard InChI is InChI=1S/C13H15Cl2N3O2/c1-2-3-6-16-12(19)13(20)18-17-8-9-4-5-10(14)11(15)7-9/h4-5,7-8H,2-3,6H2,1H3,(H,16,19)(H,18,20)/b17-8-. The molecule has 1 rings (SSSR count). The van der Waals surface area contributed by atoms with E-state index in [-0.39, 0.29) is 0 Å². The third-order valence-electron chi connectivity index (χ3n) is 2.35. The molecule has 0 aromatic heterocycles. The van der Waals surface area contributed by atoms with Crippen molar-refractivity contribution in [2.75, 3.05) is 6.54 Å². The molecule has 0 spiro atoms. The molecular weight excluding hydrogens is 301 g/mol. The third-order valence-corrected chi connectivity index (χ3v) is 3.08. The third kappa shape index (κ3) is 5.59. The molecule has 0 fully saturated rings. The highest BCUT2D eigenvalue weighted by atomic mass is 35.5. The molecule has 0 atom stereocenters. The van der Waals surface area contributed by atoms with E-state index in [1.165, 1.54) is 6.21 Å². The molecule has 0 radical (unpaired) electrons. The Labute approximate surface area is 127 Å². The van der Waals surface area contributed by atoms with Crippen LogP contribution in [0.15, 0.2) is 23.3 Å². The lowest BCUT2D eigenvalue weighted by molar-refractivity contribution is -0.139. The first-order valence-corrected chi connectivity index (χ1v) is 6.86. The van der Waals surface area contributed by atoms with E-state index in [1.54, 1.807) is 18.2 Å². The van der Waals surface area contributed by atoms with Gasteiger partial charge < -0.3 is 5.32 Å². The molecule has 0 aliphatic rings. The molecule has 0 aliphatic carbocycles. The first kappa shape index (κ1) is 16.5. The SMILES string of the molecule is CCCCNC(=O)C(=O)N/N=C\c1ccc(Cl)c(Cl)c1. The van der Waals surface area contributed by atoms with Crippen molar-refractivity contribution in [2.24, 2.45) is 5.10 Å². The van der Waals surface area contributed by atoms with Crippen LogP contribution in [-0.2, 0) is 9.59 Å². The van der Waals surface area contributed by atoms with Gasteiger partial charge in [0.2, 0.25) is 0 Å². The molecule has 1 aromatic carbocycles. The number of amides is 2. The zero-order valence-electron chi connectivity index (χ0n) is 11.0. The largest absolute Gasteiger partial charge is 0.348 e. The van der Waals surface area contributed by atoms with Crippen molar-refractivity contribution >= 4 is 41.2 Å². The molecule has 0 saturated heterocycles. The number of hydrazone groups is 1. The summed E-state index contributed by atoms with van der Waals surface area (Å²) < 4.78 is 0. The maximum absolute atomic E-state index is 11.4. The van der Waals surface area contributed by atoms with Gasteiger partial charge in [-0.05, 0) is 24.1 Å². The monoisotopic (exact) mass is 315 g/mol. The minimum absolute atomic E-state index is 0.388. The number of carbonyl (C=O) groups excluding carboxylic acids is 2. The van der Waals surface area contributed by atoms with Gasteiger partial charge in [-0.15, -0.1) is 0 Å². The highest BCUT2D eigenvalue weighted by Crippen LogP contribution is 2.21. The lowest BCUT2D eigenvalue weighted by atomic mass is 10.2.